The quantitative estimate of drug-likeness (QED) is 0.803. The Morgan fingerprint density at radius 2 is 2.00 bits per heavy atom. The molecule has 1 fully saturated rings. The summed E-state index contributed by atoms with van der Waals surface area (Å²) in [6.45, 7) is 3.87. The minimum atomic E-state index is -0.271. The molecule has 0 unspecified atom stereocenters. The first-order chi connectivity index (χ1) is 7.11. The van der Waals surface area contributed by atoms with Gasteiger partial charge in [-0.3, -0.25) is 4.68 Å². The van der Waals surface area contributed by atoms with Gasteiger partial charge in [0.2, 0.25) is 0 Å². The van der Waals surface area contributed by atoms with E-state index in [1.54, 1.807) is 0 Å². The molecule has 1 aromatic heterocycles. The summed E-state index contributed by atoms with van der Waals surface area (Å²) in [6, 6.07) is 0.116. The molecule has 1 saturated carbocycles. The number of aryl methyl sites for hydroxylation is 1. The molecule has 0 bridgehead atoms. The fourth-order valence-corrected chi connectivity index (χ4v) is 2.47. The highest BCUT2D eigenvalue weighted by Gasteiger charge is 2.27. The highest BCUT2D eigenvalue weighted by Crippen LogP contribution is 2.31. The minimum Gasteiger partial charge on any atom is -0.391 e. The van der Waals surface area contributed by atoms with Crippen molar-refractivity contribution in [3.63, 3.8) is 0 Å². The van der Waals surface area contributed by atoms with E-state index in [4.69, 9.17) is 11.6 Å². The first-order valence-electron chi connectivity index (χ1n) is 5.50. The standard InChI is InChI=1S/C11H17ClN2O/c1-7-11(12)8(2)14(13-7)9-5-3-4-6-10(9)15/h9-10,15H,3-6H2,1-2H3/t9-,10-/m1/s1. The predicted octanol–water partition coefficient (Wildman–Crippen LogP) is 2.63. The van der Waals surface area contributed by atoms with Crippen molar-refractivity contribution in [2.24, 2.45) is 0 Å². The molecule has 2 rings (SSSR count). The van der Waals surface area contributed by atoms with Gasteiger partial charge >= 0.3 is 0 Å². The lowest BCUT2D eigenvalue weighted by Gasteiger charge is -2.28. The molecule has 0 spiro atoms. The van der Waals surface area contributed by atoms with Gasteiger partial charge in [-0.2, -0.15) is 5.10 Å². The molecule has 1 aliphatic carbocycles. The van der Waals surface area contributed by atoms with E-state index in [9.17, 15) is 5.11 Å². The number of halogens is 1. The zero-order valence-corrected chi connectivity index (χ0v) is 9.96. The molecule has 1 heterocycles. The average Bonchev–Trinajstić information content (AvgIpc) is 2.47. The van der Waals surface area contributed by atoms with E-state index in [2.05, 4.69) is 5.10 Å². The summed E-state index contributed by atoms with van der Waals surface area (Å²) < 4.78 is 1.90. The van der Waals surface area contributed by atoms with Crippen LogP contribution >= 0.6 is 11.6 Å². The third-order valence-corrected chi connectivity index (χ3v) is 3.79. The molecule has 1 aliphatic rings. The second-order valence-electron chi connectivity index (χ2n) is 4.35. The Balaban J connectivity index is 2.31. The van der Waals surface area contributed by atoms with Crippen molar-refractivity contribution < 1.29 is 5.11 Å². The molecule has 0 saturated heterocycles. The Morgan fingerprint density at radius 3 is 2.53 bits per heavy atom. The monoisotopic (exact) mass is 228 g/mol. The molecule has 15 heavy (non-hydrogen) atoms. The fraction of sp³-hybridized carbons (Fsp3) is 0.727. The molecular weight excluding hydrogens is 212 g/mol. The maximum absolute atomic E-state index is 9.94. The van der Waals surface area contributed by atoms with E-state index in [-0.39, 0.29) is 12.1 Å². The molecule has 4 heteroatoms. The lowest BCUT2D eigenvalue weighted by Crippen LogP contribution is -2.29. The van der Waals surface area contributed by atoms with Gasteiger partial charge in [0.1, 0.15) is 0 Å². The number of hydrogen-bond acceptors (Lipinski definition) is 2. The largest absolute Gasteiger partial charge is 0.391 e. The maximum Gasteiger partial charge on any atom is 0.0844 e. The number of aliphatic hydroxyl groups is 1. The highest BCUT2D eigenvalue weighted by molar-refractivity contribution is 6.31. The summed E-state index contributed by atoms with van der Waals surface area (Å²) in [4.78, 5) is 0. The minimum absolute atomic E-state index is 0.116. The second kappa shape index (κ2) is 4.14. The van der Waals surface area contributed by atoms with Crippen molar-refractivity contribution in [3.8, 4) is 0 Å². The molecular formula is C11H17ClN2O. The normalized spacial score (nSPS) is 26.9. The van der Waals surface area contributed by atoms with E-state index in [0.29, 0.717) is 0 Å². The van der Waals surface area contributed by atoms with Gasteiger partial charge in [-0.1, -0.05) is 24.4 Å². The average molecular weight is 229 g/mol. The van der Waals surface area contributed by atoms with Crippen LogP contribution in [-0.4, -0.2) is 21.0 Å². The molecule has 0 radical (unpaired) electrons. The van der Waals surface area contributed by atoms with Crippen molar-refractivity contribution in [1.29, 1.82) is 0 Å². The van der Waals surface area contributed by atoms with Crippen LogP contribution < -0.4 is 0 Å². The molecule has 3 nitrogen and oxygen atoms in total. The predicted molar refractivity (Wildman–Crippen MR) is 60.2 cm³/mol. The van der Waals surface area contributed by atoms with Gasteiger partial charge < -0.3 is 5.11 Å². The number of hydrogen-bond donors (Lipinski definition) is 1. The first-order valence-corrected chi connectivity index (χ1v) is 5.88. The highest BCUT2D eigenvalue weighted by atomic mass is 35.5. The SMILES string of the molecule is Cc1nn([C@@H]2CCCC[C@H]2O)c(C)c1Cl. The molecule has 0 aromatic carbocycles. The van der Waals surface area contributed by atoms with Crippen LogP contribution in [-0.2, 0) is 0 Å². The van der Waals surface area contributed by atoms with E-state index >= 15 is 0 Å². The zero-order valence-electron chi connectivity index (χ0n) is 9.20. The Bertz CT molecular complexity index is 362. The van der Waals surface area contributed by atoms with Gasteiger partial charge in [0.25, 0.3) is 0 Å². The van der Waals surface area contributed by atoms with Crippen molar-refractivity contribution in [1.82, 2.24) is 9.78 Å². The first kappa shape index (κ1) is 11.0. The van der Waals surface area contributed by atoms with Crippen molar-refractivity contribution in [2.45, 2.75) is 51.7 Å². The van der Waals surface area contributed by atoms with E-state index in [1.807, 2.05) is 18.5 Å². The molecule has 0 amide bonds. The van der Waals surface area contributed by atoms with Gasteiger partial charge in [-0.15, -0.1) is 0 Å². The van der Waals surface area contributed by atoms with Crippen molar-refractivity contribution in [3.05, 3.63) is 16.4 Å². The molecule has 84 valence electrons. The lowest BCUT2D eigenvalue weighted by molar-refractivity contribution is 0.0683. The number of nitrogens with zero attached hydrogens (tertiary/aromatic N) is 2. The third-order valence-electron chi connectivity index (χ3n) is 3.24. The Hall–Kier alpha value is -0.540. The van der Waals surface area contributed by atoms with Crippen LogP contribution in [0.15, 0.2) is 0 Å². The van der Waals surface area contributed by atoms with E-state index in [1.165, 1.54) is 0 Å². The van der Waals surface area contributed by atoms with Crippen LogP contribution in [0.5, 0.6) is 0 Å². The van der Waals surface area contributed by atoms with Crippen LogP contribution in [0.4, 0.5) is 0 Å². The Morgan fingerprint density at radius 1 is 1.33 bits per heavy atom. The van der Waals surface area contributed by atoms with Crippen LogP contribution in [0.3, 0.4) is 0 Å². The lowest BCUT2D eigenvalue weighted by atomic mass is 9.92. The van der Waals surface area contributed by atoms with Crippen LogP contribution in [0.2, 0.25) is 5.02 Å². The fourth-order valence-electron chi connectivity index (χ4n) is 2.34. The summed E-state index contributed by atoms with van der Waals surface area (Å²) in [5.74, 6) is 0. The molecule has 1 aromatic rings. The Labute approximate surface area is 95.0 Å². The van der Waals surface area contributed by atoms with Gasteiger partial charge in [0, 0.05) is 0 Å². The third kappa shape index (κ3) is 1.91. The summed E-state index contributed by atoms with van der Waals surface area (Å²) in [7, 11) is 0. The van der Waals surface area contributed by atoms with Gasteiger partial charge in [0.05, 0.1) is 28.6 Å². The van der Waals surface area contributed by atoms with Crippen LogP contribution in [0.25, 0.3) is 0 Å². The van der Waals surface area contributed by atoms with Gasteiger partial charge in [0.15, 0.2) is 0 Å². The van der Waals surface area contributed by atoms with Gasteiger partial charge in [-0.25, -0.2) is 0 Å². The molecule has 2 atom stereocenters. The topological polar surface area (TPSA) is 38.0 Å². The zero-order chi connectivity index (χ0) is 11.0. The summed E-state index contributed by atoms with van der Waals surface area (Å²) in [6.07, 6.45) is 3.88. The van der Waals surface area contributed by atoms with Crippen LogP contribution in [0, 0.1) is 13.8 Å². The summed E-state index contributed by atoms with van der Waals surface area (Å²) >= 11 is 6.10. The van der Waals surface area contributed by atoms with Crippen LogP contribution in [0.1, 0.15) is 43.1 Å². The summed E-state index contributed by atoms with van der Waals surface area (Å²) in [5.41, 5.74) is 1.83. The number of aromatic nitrogens is 2. The van der Waals surface area contributed by atoms with Crippen molar-refractivity contribution >= 4 is 11.6 Å². The van der Waals surface area contributed by atoms with Crippen molar-refractivity contribution in [2.75, 3.05) is 0 Å². The second-order valence-corrected chi connectivity index (χ2v) is 4.73. The Kier molecular flexibility index (Phi) is 3.03. The summed E-state index contributed by atoms with van der Waals surface area (Å²) in [5, 5.41) is 15.1. The number of aliphatic hydroxyl groups excluding tert-OH is 1. The smallest absolute Gasteiger partial charge is 0.0844 e. The van der Waals surface area contributed by atoms with E-state index in [0.717, 1.165) is 42.1 Å². The number of rotatable bonds is 1. The molecule has 1 N–H and O–H groups in total. The van der Waals surface area contributed by atoms with E-state index < -0.39 is 0 Å². The molecule has 0 aliphatic heterocycles. The maximum atomic E-state index is 9.94. The van der Waals surface area contributed by atoms with Gasteiger partial charge in [-0.05, 0) is 26.7 Å².